The number of hydrogen-bond acceptors (Lipinski definition) is 5. The Hall–Kier alpha value is -3.20. The predicted molar refractivity (Wildman–Crippen MR) is 78.9 cm³/mol. The second-order valence-corrected chi connectivity index (χ2v) is 4.29. The van der Waals surface area contributed by atoms with Gasteiger partial charge in [0.05, 0.1) is 11.6 Å². The molecule has 0 saturated heterocycles. The van der Waals surface area contributed by atoms with E-state index in [0.717, 1.165) is 0 Å². The summed E-state index contributed by atoms with van der Waals surface area (Å²) in [5, 5.41) is 8.84. The molecule has 1 heterocycles. The van der Waals surface area contributed by atoms with Crippen LogP contribution in [0, 0.1) is 11.3 Å². The zero-order chi connectivity index (χ0) is 15.8. The van der Waals surface area contributed by atoms with Crippen LogP contribution < -0.4 is 4.90 Å². The van der Waals surface area contributed by atoms with Crippen molar-refractivity contribution in [3.8, 4) is 6.07 Å². The maximum atomic E-state index is 12.2. The maximum Gasteiger partial charge on any atom is 0.338 e. The fourth-order valence-corrected chi connectivity index (χ4v) is 1.78. The monoisotopic (exact) mass is 295 g/mol. The normalized spacial score (nSPS) is 9.59. The minimum Gasteiger partial charge on any atom is -0.452 e. The summed E-state index contributed by atoms with van der Waals surface area (Å²) in [5.41, 5.74) is 0.892. The molecule has 6 heteroatoms. The van der Waals surface area contributed by atoms with Gasteiger partial charge in [-0.15, -0.1) is 0 Å². The molecule has 0 unspecified atom stereocenters. The van der Waals surface area contributed by atoms with Crippen molar-refractivity contribution in [1.82, 2.24) is 4.98 Å². The third-order valence-electron chi connectivity index (χ3n) is 2.84. The van der Waals surface area contributed by atoms with E-state index < -0.39 is 18.5 Å². The van der Waals surface area contributed by atoms with Crippen molar-refractivity contribution >= 4 is 17.6 Å². The van der Waals surface area contributed by atoms with E-state index in [-0.39, 0.29) is 6.54 Å². The molecule has 0 aliphatic heterocycles. The van der Waals surface area contributed by atoms with Gasteiger partial charge in [-0.05, 0) is 24.3 Å². The second kappa shape index (κ2) is 7.55. The van der Waals surface area contributed by atoms with Gasteiger partial charge in [-0.3, -0.25) is 14.7 Å². The number of benzene rings is 1. The summed E-state index contributed by atoms with van der Waals surface area (Å²) in [6.45, 7) is -0.548. The number of amides is 1. The fourth-order valence-electron chi connectivity index (χ4n) is 1.78. The van der Waals surface area contributed by atoms with Crippen LogP contribution in [0.5, 0.6) is 0 Å². The molecule has 2 aromatic rings. The molecule has 1 aromatic heterocycles. The molecule has 0 radical (unpaired) electrons. The van der Waals surface area contributed by atoms with Gasteiger partial charge in [0.15, 0.2) is 6.61 Å². The molecule has 2 rings (SSSR count). The summed E-state index contributed by atoms with van der Waals surface area (Å²) in [6, 6.07) is 13.7. The van der Waals surface area contributed by atoms with Gasteiger partial charge in [0.25, 0.3) is 5.91 Å². The van der Waals surface area contributed by atoms with Crippen molar-refractivity contribution < 1.29 is 14.3 Å². The molecule has 1 amide bonds. The van der Waals surface area contributed by atoms with Crippen LogP contribution in [0.4, 0.5) is 5.69 Å². The molecule has 0 atom stereocenters. The highest BCUT2D eigenvalue weighted by molar-refractivity contribution is 5.97. The van der Waals surface area contributed by atoms with Crippen LogP contribution in [-0.2, 0) is 9.53 Å². The summed E-state index contributed by atoms with van der Waals surface area (Å²) < 4.78 is 4.97. The van der Waals surface area contributed by atoms with Crippen LogP contribution in [-0.4, -0.2) is 30.0 Å². The van der Waals surface area contributed by atoms with Gasteiger partial charge in [-0.1, -0.05) is 18.2 Å². The molecule has 1 aromatic carbocycles. The Morgan fingerprint density at radius 3 is 2.45 bits per heavy atom. The van der Waals surface area contributed by atoms with Crippen molar-refractivity contribution in [2.24, 2.45) is 0 Å². The van der Waals surface area contributed by atoms with Gasteiger partial charge in [-0.25, -0.2) is 4.79 Å². The Balaban J connectivity index is 2.01. The molecular weight excluding hydrogens is 282 g/mol. The number of hydrogen-bond donors (Lipinski definition) is 0. The van der Waals surface area contributed by atoms with Crippen molar-refractivity contribution in [3.63, 3.8) is 0 Å². The number of rotatable bonds is 5. The van der Waals surface area contributed by atoms with Crippen LogP contribution in [0.2, 0.25) is 0 Å². The van der Waals surface area contributed by atoms with E-state index in [9.17, 15) is 9.59 Å². The van der Waals surface area contributed by atoms with Crippen molar-refractivity contribution in [3.05, 3.63) is 60.4 Å². The minimum atomic E-state index is -0.610. The Morgan fingerprint density at radius 1 is 1.14 bits per heavy atom. The highest BCUT2D eigenvalue weighted by atomic mass is 16.5. The van der Waals surface area contributed by atoms with Crippen LogP contribution in [0.15, 0.2) is 54.9 Å². The van der Waals surface area contributed by atoms with Gasteiger partial charge in [0, 0.05) is 18.1 Å². The minimum absolute atomic E-state index is 0.115. The Bertz CT molecular complexity index is 681. The van der Waals surface area contributed by atoms with Gasteiger partial charge in [0.2, 0.25) is 0 Å². The number of nitrogens with zero attached hydrogens (tertiary/aromatic N) is 3. The first-order valence-electron chi connectivity index (χ1n) is 6.52. The molecule has 0 spiro atoms. The quantitative estimate of drug-likeness (QED) is 0.620. The van der Waals surface area contributed by atoms with Crippen LogP contribution in [0.25, 0.3) is 0 Å². The van der Waals surface area contributed by atoms with Crippen molar-refractivity contribution in [2.75, 3.05) is 18.1 Å². The van der Waals surface area contributed by atoms with E-state index in [2.05, 4.69) is 4.98 Å². The van der Waals surface area contributed by atoms with Gasteiger partial charge in [0.1, 0.15) is 6.54 Å². The van der Waals surface area contributed by atoms with E-state index in [4.69, 9.17) is 10.00 Å². The fraction of sp³-hybridized carbons (Fsp3) is 0.125. The highest BCUT2D eigenvalue weighted by Gasteiger charge is 2.17. The van der Waals surface area contributed by atoms with Crippen LogP contribution in [0.1, 0.15) is 10.4 Å². The number of aromatic nitrogens is 1. The summed E-state index contributed by atoms with van der Waals surface area (Å²) in [6.07, 6.45) is 2.93. The van der Waals surface area contributed by atoms with Gasteiger partial charge < -0.3 is 4.74 Å². The molecule has 22 heavy (non-hydrogen) atoms. The standard InChI is InChI=1S/C16H13N3O3/c17-8-11-19(14-4-2-1-3-5-14)15(20)12-22-16(21)13-6-9-18-10-7-13/h1-7,9-10H,11-12H2. The lowest BCUT2D eigenvalue weighted by atomic mass is 10.3. The molecule has 0 fully saturated rings. The molecule has 0 aliphatic rings. The lowest BCUT2D eigenvalue weighted by Gasteiger charge is -2.19. The van der Waals surface area contributed by atoms with E-state index in [1.807, 2.05) is 12.1 Å². The Labute approximate surface area is 127 Å². The average molecular weight is 295 g/mol. The largest absolute Gasteiger partial charge is 0.452 e. The summed E-state index contributed by atoms with van der Waals surface area (Å²) in [4.78, 5) is 29.0. The number of carbonyl (C=O) groups excluding carboxylic acids is 2. The van der Waals surface area contributed by atoms with E-state index in [0.29, 0.717) is 11.3 Å². The molecule has 0 saturated carbocycles. The summed E-state index contributed by atoms with van der Waals surface area (Å²) in [7, 11) is 0. The average Bonchev–Trinajstić information content (AvgIpc) is 2.58. The molecule has 0 N–H and O–H groups in total. The van der Waals surface area contributed by atoms with E-state index in [1.165, 1.54) is 29.4 Å². The first-order valence-corrected chi connectivity index (χ1v) is 6.52. The summed E-state index contributed by atoms with van der Waals surface area (Å²) >= 11 is 0. The van der Waals surface area contributed by atoms with Crippen LogP contribution in [0.3, 0.4) is 0 Å². The van der Waals surface area contributed by atoms with Crippen molar-refractivity contribution in [1.29, 1.82) is 5.26 Å². The second-order valence-electron chi connectivity index (χ2n) is 4.29. The smallest absolute Gasteiger partial charge is 0.338 e. The zero-order valence-corrected chi connectivity index (χ0v) is 11.7. The van der Waals surface area contributed by atoms with E-state index in [1.54, 1.807) is 24.3 Å². The Kier molecular flexibility index (Phi) is 5.21. The van der Waals surface area contributed by atoms with Crippen LogP contribution >= 0.6 is 0 Å². The maximum absolute atomic E-state index is 12.2. The third kappa shape index (κ3) is 3.90. The number of pyridine rings is 1. The number of nitriles is 1. The zero-order valence-electron chi connectivity index (χ0n) is 11.7. The number of carbonyl (C=O) groups is 2. The highest BCUT2D eigenvalue weighted by Crippen LogP contribution is 2.13. The molecule has 6 nitrogen and oxygen atoms in total. The lowest BCUT2D eigenvalue weighted by molar-refractivity contribution is -0.121. The number of para-hydroxylation sites is 1. The number of anilines is 1. The van der Waals surface area contributed by atoms with E-state index >= 15 is 0 Å². The number of esters is 1. The number of ether oxygens (including phenoxy) is 1. The lowest BCUT2D eigenvalue weighted by Crippen LogP contribution is -2.35. The SMILES string of the molecule is N#CCN(C(=O)COC(=O)c1ccncc1)c1ccccc1. The van der Waals surface area contributed by atoms with Crippen molar-refractivity contribution in [2.45, 2.75) is 0 Å². The van der Waals surface area contributed by atoms with Gasteiger partial charge in [-0.2, -0.15) is 5.26 Å². The predicted octanol–water partition coefficient (Wildman–Crippen LogP) is 1.80. The first kappa shape index (κ1) is 15.2. The topological polar surface area (TPSA) is 83.3 Å². The molecule has 110 valence electrons. The molecule has 0 bridgehead atoms. The van der Waals surface area contributed by atoms with Gasteiger partial charge >= 0.3 is 5.97 Å². The molecule has 0 aliphatic carbocycles. The first-order chi connectivity index (χ1) is 10.7. The Morgan fingerprint density at radius 2 is 1.82 bits per heavy atom. The molecular formula is C16H13N3O3. The summed E-state index contributed by atoms with van der Waals surface area (Å²) in [5.74, 6) is -1.07. The third-order valence-corrected chi connectivity index (χ3v) is 2.84.